The average molecular weight is 540 g/mol. The maximum Gasteiger partial charge on any atom is 0.268 e. The third kappa shape index (κ3) is 7.04. The highest BCUT2D eigenvalue weighted by Crippen LogP contribution is 2.16. The summed E-state index contributed by atoms with van der Waals surface area (Å²) in [5.41, 5.74) is 2.51. The molecule has 0 saturated heterocycles. The van der Waals surface area contributed by atoms with Gasteiger partial charge in [0.25, 0.3) is 5.91 Å². The van der Waals surface area contributed by atoms with Crippen molar-refractivity contribution in [3.63, 3.8) is 0 Å². The lowest BCUT2D eigenvalue weighted by atomic mass is 10.00. The number of aliphatic hydroxyl groups is 1. The standard InChI is InChI=1S/C29H28ClF2N3O3/c1-2-17-4-3-5-18(8-17)15-33-16-28(37)25(11-19-9-21(31)13-22(32)10-19)35-29(38)26-14-27(36)23-12-20(30)6-7-24(23)34-26/h3-10,12-14,25,28,33,37H,2,11,15-16H2,1H3,(H,34,36)(H,35,38)/t25-,28-/m0/s1. The second-order valence-corrected chi connectivity index (χ2v) is 9.61. The van der Waals surface area contributed by atoms with Crippen LogP contribution in [0.1, 0.15) is 34.1 Å². The van der Waals surface area contributed by atoms with Gasteiger partial charge in [0.2, 0.25) is 0 Å². The molecule has 9 heteroatoms. The molecule has 0 aliphatic heterocycles. The molecular weight excluding hydrogens is 512 g/mol. The number of hydrogen-bond acceptors (Lipinski definition) is 4. The van der Waals surface area contributed by atoms with Gasteiger partial charge in [-0.3, -0.25) is 9.59 Å². The molecule has 2 atom stereocenters. The van der Waals surface area contributed by atoms with Gasteiger partial charge in [-0.05, 0) is 59.9 Å². The van der Waals surface area contributed by atoms with Crippen molar-refractivity contribution in [2.24, 2.45) is 0 Å². The lowest BCUT2D eigenvalue weighted by Gasteiger charge is -2.25. The first-order valence-corrected chi connectivity index (χ1v) is 12.6. The molecule has 1 amide bonds. The maximum atomic E-state index is 13.8. The summed E-state index contributed by atoms with van der Waals surface area (Å²) in [7, 11) is 0. The van der Waals surface area contributed by atoms with Crippen molar-refractivity contribution in [1.29, 1.82) is 0 Å². The van der Waals surface area contributed by atoms with E-state index < -0.39 is 35.1 Å². The SMILES string of the molecule is CCc1cccc(CNC[C@H](O)[C@H](Cc2cc(F)cc(F)c2)NC(=O)c2cc(=O)c3cc(Cl)ccc3[nH]2)c1. The maximum absolute atomic E-state index is 13.8. The zero-order chi connectivity index (χ0) is 27.2. The minimum absolute atomic E-state index is 0.0169. The molecule has 0 aliphatic rings. The van der Waals surface area contributed by atoms with Gasteiger partial charge in [-0.1, -0.05) is 42.8 Å². The van der Waals surface area contributed by atoms with Crippen molar-refractivity contribution in [2.45, 2.75) is 38.5 Å². The van der Waals surface area contributed by atoms with Crippen molar-refractivity contribution < 1.29 is 18.7 Å². The van der Waals surface area contributed by atoms with Crippen molar-refractivity contribution in [1.82, 2.24) is 15.6 Å². The summed E-state index contributed by atoms with van der Waals surface area (Å²) in [4.78, 5) is 28.6. The summed E-state index contributed by atoms with van der Waals surface area (Å²) in [6.45, 7) is 2.66. The number of aromatic amines is 1. The van der Waals surface area contributed by atoms with Crippen LogP contribution in [-0.4, -0.2) is 34.7 Å². The van der Waals surface area contributed by atoms with Gasteiger partial charge in [-0.25, -0.2) is 8.78 Å². The van der Waals surface area contributed by atoms with Crippen LogP contribution in [0.4, 0.5) is 8.78 Å². The molecule has 4 rings (SSSR count). The summed E-state index contributed by atoms with van der Waals surface area (Å²) in [6, 6.07) is 16.0. The van der Waals surface area contributed by atoms with E-state index in [0.717, 1.165) is 36.2 Å². The van der Waals surface area contributed by atoms with Gasteiger partial charge < -0.3 is 20.7 Å². The van der Waals surface area contributed by atoms with Crippen LogP contribution in [0.3, 0.4) is 0 Å². The number of fused-ring (bicyclic) bond motifs is 1. The third-order valence-corrected chi connectivity index (χ3v) is 6.51. The number of carbonyl (C=O) groups is 1. The van der Waals surface area contributed by atoms with Crippen LogP contribution in [0.15, 0.2) is 71.5 Å². The molecule has 0 radical (unpaired) electrons. The Kier molecular flexibility index (Phi) is 8.89. The number of amides is 1. The van der Waals surface area contributed by atoms with Gasteiger partial charge in [-0.15, -0.1) is 0 Å². The molecule has 1 heterocycles. The number of hydrogen-bond donors (Lipinski definition) is 4. The molecule has 4 N–H and O–H groups in total. The number of benzene rings is 3. The fourth-order valence-corrected chi connectivity index (χ4v) is 4.49. The van der Waals surface area contributed by atoms with Gasteiger partial charge >= 0.3 is 0 Å². The second kappa shape index (κ2) is 12.3. The van der Waals surface area contributed by atoms with Crippen LogP contribution >= 0.6 is 11.6 Å². The summed E-state index contributed by atoms with van der Waals surface area (Å²) in [5.74, 6) is -2.16. The number of halogens is 3. The number of carbonyl (C=O) groups excluding carboxylic acids is 1. The Hall–Kier alpha value is -3.59. The fraction of sp³-hybridized carbons (Fsp3) is 0.241. The number of rotatable bonds is 10. The zero-order valence-corrected chi connectivity index (χ0v) is 21.5. The van der Waals surface area contributed by atoms with E-state index in [0.29, 0.717) is 22.5 Å². The summed E-state index contributed by atoms with van der Waals surface area (Å²) < 4.78 is 27.7. The first-order valence-electron chi connectivity index (χ1n) is 12.3. The molecule has 1 aromatic heterocycles. The van der Waals surface area contributed by atoms with E-state index in [-0.39, 0.29) is 24.2 Å². The number of aromatic nitrogens is 1. The average Bonchev–Trinajstić information content (AvgIpc) is 2.88. The number of pyridine rings is 1. The molecule has 6 nitrogen and oxygen atoms in total. The van der Waals surface area contributed by atoms with Gasteiger partial charge in [-0.2, -0.15) is 0 Å². The lowest BCUT2D eigenvalue weighted by Crippen LogP contribution is -2.49. The number of aryl methyl sites for hydroxylation is 1. The van der Waals surface area contributed by atoms with E-state index in [9.17, 15) is 23.5 Å². The summed E-state index contributed by atoms with van der Waals surface area (Å²) >= 11 is 5.97. The molecule has 0 saturated carbocycles. The highest BCUT2D eigenvalue weighted by atomic mass is 35.5. The van der Waals surface area contributed by atoms with E-state index in [1.54, 1.807) is 12.1 Å². The monoisotopic (exact) mass is 539 g/mol. The van der Waals surface area contributed by atoms with Crippen molar-refractivity contribution in [3.05, 3.63) is 116 Å². The minimum atomic E-state index is -1.11. The van der Waals surface area contributed by atoms with Crippen molar-refractivity contribution >= 4 is 28.4 Å². The second-order valence-electron chi connectivity index (χ2n) is 9.17. The van der Waals surface area contributed by atoms with E-state index in [4.69, 9.17) is 11.6 Å². The quantitative estimate of drug-likeness (QED) is 0.238. The molecule has 0 unspecified atom stereocenters. The normalized spacial score (nSPS) is 12.9. The van der Waals surface area contributed by atoms with Crippen LogP contribution in [0, 0.1) is 11.6 Å². The smallest absolute Gasteiger partial charge is 0.268 e. The van der Waals surface area contributed by atoms with E-state index in [2.05, 4.69) is 28.6 Å². The van der Waals surface area contributed by atoms with E-state index in [1.165, 1.54) is 11.6 Å². The molecule has 38 heavy (non-hydrogen) atoms. The van der Waals surface area contributed by atoms with Crippen LogP contribution < -0.4 is 16.1 Å². The first-order chi connectivity index (χ1) is 18.2. The van der Waals surface area contributed by atoms with Crippen LogP contribution in [0.5, 0.6) is 0 Å². The molecule has 0 fully saturated rings. The Balaban J connectivity index is 1.52. The summed E-state index contributed by atoms with van der Waals surface area (Å²) in [6.07, 6.45) is -0.244. The Labute approximate surface area is 223 Å². The molecule has 0 spiro atoms. The third-order valence-electron chi connectivity index (χ3n) is 6.28. The Morgan fingerprint density at radius 1 is 1.00 bits per heavy atom. The molecule has 0 bridgehead atoms. The molecular formula is C29H28ClF2N3O3. The van der Waals surface area contributed by atoms with Gasteiger partial charge in [0, 0.05) is 41.1 Å². The van der Waals surface area contributed by atoms with Crippen molar-refractivity contribution in [3.8, 4) is 0 Å². The van der Waals surface area contributed by atoms with Gasteiger partial charge in [0.15, 0.2) is 5.43 Å². The molecule has 198 valence electrons. The largest absolute Gasteiger partial charge is 0.390 e. The Bertz CT molecular complexity index is 1490. The van der Waals surface area contributed by atoms with Crippen molar-refractivity contribution in [2.75, 3.05) is 6.54 Å². The predicted molar refractivity (Wildman–Crippen MR) is 144 cm³/mol. The van der Waals surface area contributed by atoms with Crippen LogP contribution in [0.25, 0.3) is 10.9 Å². The number of nitrogens with one attached hydrogen (secondary N) is 3. The highest BCUT2D eigenvalue weighted by molar-refractivity contribution is 6.31. The topological polar surface area (TPSA) is 94.2 Å². The van der Waals surface area contributed by atoms with Crippen LogP contribution in [0.2, 0.25) is 5.02 Å². The highest BCUT2D eigenvalue weighted by Gasteiger charge is 2.24. The Morgan fingerprint density at radius 2 is 1.74 bits per heavy atom. The van der Waals surface area contributed by atoms with E-state index >= 15 is 0 Å². The molecule has 0 aliphatic carbocycles. The van der Waals surface area contributed by atoms with Crippen LogP contribution in [-0.2, 0) is 19.4 Å². The predicted octanol–water partition coefficient (Wildman–Crippen LogP) is 4.51. The first kappa shape index (κ1) is 27.4. The van der Waals surface area contributed by atoms with Gasteiger partial charge in [0.05, 0.1) is 12.1 Å². The van der Waals surface area contributed by atoms with E-state index in [1.807, 2.05) is 18.2 Å². The zero-order valence-electron chi connectivity index (χ0n) is 20.7. The fourth-order valence-electron chi connectivity index (χ4n) is 4.32. The number of aliphatic hydroxyl groups excluding tert-OH is 1. The number of H-pyrrole nitrogens is 1. The summed E-state index contributed by atoms with van der Waals surface area (Å²) in [5, 5.41) is 17.6. The molecule has 4 aromatic rings. The molecule has 3 aromatic carbocycles. The lowest BCUT2D eigenvalue weighted by molar-refractivity contribution is 0.0825. The minimum Gasteiger partial charge on any atom is -0.390 e. The Morgan fingerprint density at radius 3 is 2.47 bits per heavy atom. The van der Waals surface area contributed by atoms with Gasteiger partial charge in [0.1, 0.15) is 17.3 Å².